The molecule has 0 spiro atoms. The summed E-state index contributed by atoms with van der Waals surface area (Å²) in [6.45, 7) is 1.84. The third kappa shape index (κ3) is 2.92. The van der Waals surface area contributed by atoms with Gasteiger partial charge in [0, 0.05) is 5.75 Å². The molecule has 1 aromatic heterocycles. The van der Waals surface area contributed by atoms with Crippen LogP contribution in [-0.4, -0.2) is 11.1 Å². The van der Waals surface area contributed by atoms with Gasteiger partial charge in [0.15, 0.2) is 5.09 Å². The fourth-order valence-electron chi connectivity index (χ4n) is 1.48. The molecule has 0 aliphatic carbocycles. The van der Waals surface area contributed by atoms with E-state index >= 15 is 0 Å². The second kappa shape index (κ2) is 5.27. The Kier molecular flexibility index (Phi) is 3.72. The predicted molar refractivity (Wildman–Crippen MR) is 66.4 cm³/mol. The predicted octanol–water partition coefficient (Wildman–Crippen LogP) is 3.72. The molecular formula is C13H11FO3S. The zero-order valence-electron chi connectivity index (χ0n) is 9.64. The van der Waals surface area contributed by atoms with Gasteiger partial charge in [0.2, 0.25) is 5.76 Å². The molecule has 2 rings (SSSR count). The summed E-state index contributed by atoms with van der Waals surface area (Å²) < 4.78 is 18.0. The zero-order valence-corrected chi connectivity index (χ0v) is 10.5. The van der Waals surface area contributed by atoms with Crippen LogP contribution in [0.4, 0.5) is 4.39 Å². The number of hydrogen-bond acceptors (Lipinski definition) is 3. The van der Waals surface area contributed by atoms with Gasteiger partial charge in [0.25, 0.3) is 0 Å². The van der Waals surface area contributed by atoms with Crippen LogP contribution < -0.4 is 0 Å². The molecule has 0 atom stereocenters. The maximum Gasteiger partial charge on any atom is 0.371 e. The van der Waals surface area contributed by atoms with Gasteiger partial charge in [0.1, 0.15) is 5.82 Å². The first-order chi connectivity index (χ1) is 8.56. The Morgan fingerprint density at radius 1 is 1.39 bits per heavy atom. The summed E-state index contributed by atoms with van der Waals surface area (Å²) in [7, 11) is 0. The standard InChI is InChI=1S/C13H11FO3S/c1-8-6-10(14)3-2-9(8)7-18-12-5-4-11(17-12)13(15)16/h2-6H,7H2,1H3,(H,15,16). The van der Waals surface area contributed by atoms with Gasteiger partial charge in [-0.05, 0) is 42.3 Å². The Hall–Kier alpha value is -1.75. The van der Waals surface area contributed by atoms with Gasteiger partial charge >= 0.3 is 5.97 Å². The molecule has 1 N–H and O–H groups in total. The zero-order chi connectivity index (χ0) is 13.1. The van der Waals surface area contributed by atoms with E-state index in [1.807, 2.05) is 6.92 Å². The molecule has 3 nitrogen and oxygen atoms in total. The van der Waals surface area contributed by atoms with Gasteiger partial charge in [-0.15, -0.1) is 0 Å². The highest BCUT2D eigenvalue weighted by molar-refractivity contribution is 7.98. The summed E-state index contributed by atoms with van der Waals surface area (Å²) in [4.78, 5) is 10.6. The fraction of sp³-hybridized carbons (Fsp3) is 0.154. The van der Waals surface area contributed by atoms with Crippen LogP contribution in [0.2, 0.25) is 0 Å². The second-order valence-corrected chi connectivity index (χ2v) is 4.76. The normalized spacial score (nSPS) is 10.6. The van der Waals surface area contributed by atoms with E-state index in [1.165, 1.54) is 30.0 Å². The molecule has 0 unspecified atom stereocenters. The van der Waals surface area contributed by atoms with E-state index in [9.17, 15) is 9.18 Å². The van der Waals surface area contributed by atoms with E-state index in [1.54, 1.807) is 12.1 Å². The van der Waals surface area contributed by atoms with Crippen LogP contribution in [-0.2, 0) is 5.75 Å². The first kappa shape index (κ1) is 12.7. The number of carbonyl (C=O) groups is 1. The number of aryl methyl sites for hydroxylation is 1. The van der Waals surface area contributed by atoms with Gasteiger partial charge < -0.3 is 9.52 Å². The SMILES string of the molecule is Cc1cc(F)ccc1CSc1ccc(C(=O)O)o1. The van der Waals surface area contributed by atoms with Crippen molar-refractivity contribution in [2.24, 2.45) is 0 Å². The third-order valence-corrected chi connectivity index (χ3v) is 3.43. The summed E-state index contributed by atoms with van der Waals surface area (Å²) >= 11 is 1.38. The number of benzene rings is 1. The molecule has 94 valence electrons. The lowest BCUT2D eigenvalue weighted by molar-refractivity contribution is 0.0656. The van der Waals surface area contributed by atoms with E-state index < -0.39 is 5.97 Å². The number of hydrogen-bond donors (Lipinski definition) is 1. The molecule has 1 heterocycles. The van der Waals surface area contributed by atoms with Crippen molar-refractivity contribution >= 4 is 17.7 Å². The monoisotopic (exact) mass is 266 g/mol. The van der Waals surface area contributed by atoms with Crippen molar-refractivity contribution in [1.82, 2.24) is 0 Å². The maximum atomic E-state index is 12.9. The summed E-state index contributed by atoms with van der Waals surface area (Å²) in [6.07, 6.45) is 0. The Labute approximate surface area is 108 Å². The highest BCUT2D eigenvalue weighted by Gasteiger charge is 2.09. The largest absolute Gasteiger partial charge is 0.475 e. The second-order valence-electron chi connectivity index (χ2n) is 3.78. The average molecular weight is 266 g/mol. The molecule has 0 radical (unpaired) electrons. The minimum Gasteiger partial charge on any atom is -0.475 e. The highest BCUT2D eigenvalue weighted by atomic mass is 32.2. The Morgan fingerprint density at radius 2 is 2.17 bits per heavy atom. The summed E-state index contributed by atoms with van der Waals surface area (Å²) in [5.41, 5.74) is 1.86. The Bertz CT molecular complexity index is 577. The quantitative estimate of drug-likeness (QED) is 0.857. The minimum atomic E-state index is -1.08. The van der Waals surface area contributed by atoms with Gasteiger partial charge in [-0.2, -0.15) is 0 Å². The van der Waals surface area contributed by atoms with Crippen molar-refractivity contribution in [2.75, 3.05) is 0 Å². The lowest BCUT2D eigenvalue weighted by Crippen LogP contribution is -1.91. The van der Waals surface area contributed by atoms with Crippen molar-refractivity contribution in [3.8, 4) is 0 Å². The fourth-order valence-corrected chi connectivity index (χ4v) is 2.42. The van der Waals surface area contributed by atoms with Gasteiger partial charge in [-0.1, -0.05) is 17.8 Å². The van der Waals surface area contributed by atoms with E-state index in [2.05, 4.69) is 0 Å². The van der Waals surface area contributed by atoms with Crippen LogP contribution in [0.15, 0.2) is 39.8 Å². The number of aromatic carboxylic acids is 1. The lowest BCUT2D eigenvalue weighted by atomic mass is 10.1. The Balaban J connectivity index is 2.04. The van der Waals surface area contributed by atoms with Gasteiger partial charge in [0.05, 0.1) is 0 Å². The van der Waals surface area contributed by atoms with Crippen molar-refractivity contribution < 1.29 is 18.7 Å². The topological polar surface area (TPSA) is 50.4 Å². The van der Waals surface area contributed by atoms with Crippen LogP contribution in [0.25, 0.3) is 0 Å². The van der Waals surface area contributed by atoms with Crippen molar-refractivity contribution in [3.05, 3.63) is 53.0 Å². The smallest absolute Gasteiger partial charge is 0.371 e. The van der Waals surface area contributed by atoms with Crippen molar-refractivity contribution in [2.45, 2.75) is 17.8 Å². The summed E-state index contributed by atoms with van der Waals surface area (Å²) in [6, 6.07) is 7.64. The molecule has 0 bridgehead atoms. The van der Waals surface area contributed by atoms with Crippen molar-refractivity contribution in [1.29, 1.82) is 0 Å². The van der Waals surface area contributed by atoms with Crippen molar-refractivity contribution in [3.63, 3.8) is 0 Å². The number of carboxylic acids is 1. The molecule has 0 fully saturated rings. The van der Waals surface area contributed by atoms with E-state index in [-0.39, 0.29) is 11.6 Å². The molecule has 1 aromatic carbocycles. The van der Waals surface area contributed by atoms with Crippen LogP contribution in [0.3, 0.4) is 0 Å². The molecule has 0 amide bonds. The van der Waals surface area contributed by atoms with E-state index in [0.29, 0.717) is 10.8 Å². The van der Waals surface area contributed by atoms with Gasteiger partial charge in [-0.25, -0.2) is 9.18 Å². The lowest BCUT2D eigenvalue weighted by Gasteiger charge is -2.03. The number of rotatable bonds is 4. The Morgan fingerprint density at radius 3 is 2.78 bits per heavy atom. The van der Waals surface area contributed by atoms with Crippen LogP contribution in [0, 0.1) is 12.7 Å². The number of thioether (sulfide) groups is 1. The summed E-state index contributed by atoms with van der Waals surface area (Å²) in [5.74, 6) is -0.806. The molecule has 0 aliphatic rings. The van der Waals surface area contributed by atoms with Crippen LogP contribution >= 0.6 is 11.8 Å². The first-order valence-corrected chi connectivity index (χ1v) is 6.26. The maximum absolute atomic E-state index is 12.9. The number of halogens is 1. The average Bonchev–Trinajstić information content (AvgIpc) is 2.76. The molecule has 18 heavy (non-hydrogen) atoms. The number of carboxylic acid groups (broad SMARTS) is 1. The molecule has 0 saturated heterocycles. The van der Waals surface area contributed by atoms with Crippen LogP contribution in [0.1, 0.15) is 21.7 Å². The minimum absolute atomic E-state index is 0.0756. The molecule has 0 saturated carbocycles. The molecule has 2 aromatic rings. The third-order valence-electron chi connectivity index (χ3n) is 2.47. The highest BCUT2D eigenvalue weighted by Crippen LogP contribution is 2.26. The number of furan rings is 1. The first-order valence-electron chi connectivity index (χ1n) is 5.27. The molecule has 5 heteroatoms. The van der Waals surface area contributed by atoms with Crippen LogP contribution in [0.5, 0.6) is 0 Å². The van der Waals surface area contributed by atoms with E-state index in [4.69, 9.17) is 9.52 Å². The van der Waals surface area contributed by atoms with E-state index in [0.717, 1.165) is 11.1 Å². The van der Waals surface area contributed by atoms with Gasteiger partial charge in [-0.3, -0.25) is 0 Å². The molecule has 0 aliphatic heterocycles. The molecular weight excluding hydrogens is 255 g/mol. The summed E-state index contributed by atoms with van der Waals surface area (Å²) in [5, 5.41) is 9.25.